The minimum absolute atomic E-state index is 0.0605. The van der Waals surface area contributed by atoms with E-state index in [2.05, 4.69) is 31.5 Å². The van der Waals surface area contributed by atoms with Crippen molar-refractivity contribution in [2.75, 3.05) is 31.6 Å². The van der Waals surface area contributed by atoms with E-state index in [-0.39, 0.29) is 42.3 Å². The SMILES string of the molecule is CCO[C@H]1OC(C(=O)NCCNc2ccc([N+](=O)[O-])cn2)=C[C@@H](c2ccc(Br)cc2)[C@H]1CCCO. The third-order valence-corrected chi connectivity index (χ3v) is 6.09. The van der Waals surface area contributed by atoms with E-state index in [1.807, 2.05) is 37.3 Å². The van der Waals surface area contributed by atoms with Gasteiger partial charge in [0.1, 0.15) is 12.0 Å². The van der Waals surface area contributed by atoms with Crippen molar-refractivity contribution >= 4 is 33.3 Å². The Bertz CT molecular complexity index is 1020. The molecule has 0 unspecified atom stereocenters. The van der Waals surface area contributed by atoms with Gasteiger partial charge in [0.05, 0.1) is 4.92 Å². The lowest BCUT2D eigenvalue weighted by atomic mass is 9.80. The van der Waals surface area contributed by atoms with Crippen LogP contribution >= 0.6 is 15.9 Å². The van der Waals surface area contributed by atoms with E-state index in [9.17, 15) is 20.0 Å². The number of aromatic nitrogens is 1. The predicted octanol–water partition coefficient (Wildman–Crippen LogP) is 3.73. The fourth-order valence-electron chi connectivity index (χ4n) is 3.88. The molecule has 1 aromatic carbocycles. The van der Waals surface area contributed by atoms with Crippen molar-refractivity contribution in [2.45, 2.75) is 32.0 Å². The Balaban J connectivity index is 1.67. The molecule has 0 bridgehead atoms. The van der Waals surface area contributed by atoms with E-state index < -0.39 is 11.2 Å². The first-order valence-corrected chi connectivity index (χ1v) is 12.2. The van der Waals surface area contributed by atoms with Gasteiger partial charge in [-0.15, -0.1) is 0 Å². The second kappa shape index (κ2) is 13.2. The topological polar surface area (TPSA) is 136 Å². The Morgan fingerprint density at radius 1 is 1.26 bits per heavy atom. The first kappa shape index (κ1) is 26.6. The van der Waals surface area contributed by atoms with E-state index in [4.69, 9.17) is 9.47 Å². The second-order valence-electron chi connectivity index (χ2n) is 7.92. The Morgan fingerprint density at radius 3 is 2.66 bits per heavy atom. The number of halogens is 1. The quantitative estimate of drug-likeness (QED) is 0.207. The zero-order chi connectivity index (χ0) is 25.2. The van der Waals surface area contributed by atoms with Crippen LogP contribution < -0.4 is 10.6 Å². The number of nitro groups is 1. The highest BCUT2D eigenvalue weighted by atomic mass is 79.9. The van der Waals surface area contributed by atoms with Crippen molar-refractivity contribution < 1.29 is 24.3 Å². The zero-order valence-corrected chi connectivity index (χ0v) is 20.9. The second-order valence-corrected chi connectivity index (χ2v) is 8.84. The Labute approximate surface area is 212 Å². The van der Waals surface area contributed by atoms with Crippen LogP contribution in [-0.4, -0.2) is 53.5 Å². The zero-order valence-electron chi connectivity index (χ0n) is 19.4. The average molecular weight is 549 g/mol. The minimum atomic E-state index is -0.617. The maximum Gasteiger partial charge on any atom is 0.287 e. The molecule has 1 aliphatic rings. The lowest BCUT2D eigenvalue weighted by Crippen LogP contribution is -2.39. The van der Waals surface area contributed by atoms with Gasteiger partial charge in [0, 0.05) is 48.7 Å². The fourth-order valence-corrected chi connectivity index (χ4v) is 4.15. The molecule has 0 spiro atoms. The predicted molar refractivity (Wildman–Crippen MR) is 134 cm³/mol. The first-order chi connectivity index (χ1) is 16.9. The van der Waals surface area contributed by atoms with Gasteiger partial charge in [-0.25, -0.2) is 4.98 Å². The number of nitrogens with one attached hydrogen (secondary N) is 2. The van der Waals surface area contributed by atoms with Crippen LogP contribution in [0.4, 0.5) is 11.5 Å². The maximum absolute atomic E-state index is 12.9. The highest BCUT2D eigenvalue weighted by Gasteiger charge is 2.37. The summed E-state index contributed by atoms with van der Waals surface area (Å²) in [7, 11) is 0. The summed E-state index contributed by atoms with van der Waals surface area (Å²) in [6, 6.07) is 10.8. The monoisotopic (exact) mass is 548 g/mol. The number of pyridine rings is 1. The summed E-state index contributed by atoms with van der Waals surface area (Å²) in [6.07, 6.45) is 3.65. The van der Waals surface area contributed by atoms with Gasteiger partial charge in [0.2, 0.25) is 6.29 Å². The number of aliphatic hydroxyl groups is 1. The molecule has 11 heteroatoms. The van der Waals surface area contributed by atoms with Gasteiger partial charge in [-0.1, -0.05) is 28.1 Å². The number of carbonyl (C=O) groups excluding carboxylic acids is 1. The number of ether oxygens (including phenoxy) is 2. The van der Waals surface area contributed by atoms with Crippen molar-refractivity contribution in [3.8, 4) is 0 Å². The van der Waals surface area contributed by atoms with Crippen molar-refractivity contribution in [2.24, 2.45) is 5.92 Å². The third kappa shape index (κ3) is 7.48. The number of allylic oxidation sites excluding steroid dienone is 1. The minimum Gasteiger partial charge on any atom is -0.459 e. The van der Waals surface area contributed by atoms with Gasteiger partial charge < -0.3 is 25.2 Å². The van der Waals surface area contributed by atoms with Crippen molar-refractivity contribution in [3.05, 3.63) is 74.6 Å². The number of hydrogen-bond donors (Lipinski definition) is 3. The fraction of sp³-hybridized carbons (Fsp3) is 0.417. The van der Waals surface area contributed by atoms with Gasteiger partial charge in [-0.05, 0) is 49.6 Å². The Morgan fingerprint density at radius 2 is 2.03 bits per heavy atom. The highest BCUT2D eigenvalue weighted by Crippen LogP contribution is 2.39. The molecule has 3 atom stereocenters. The Kier molecular flexibility index (Phi) is 10.0. The molecule has 1 aliphatic heterocycles. The van der Waals surface area contributed by atoms with Crippen LogP contribution in [0.25, 0.3) is 0 Å². The lowest BCUT2D eigenvalue weighted by Gasteiger charge is -2.37. The van der Waals surface area contributed by atoms with Gasteiger partial charge >= 0.3 is 0 Å². The number of aliphatic hydroxyl groups excluding tert-OH is 1. The molecule has 1 aromatic heterocycles. The molecule has 0 fully saturated rings. The number of nitrogens with zero attached hydrogens (tertiary/aromatic N) is 2. The van der Waals surface area contributed by atoms with Crippen LogP contribution in [0.15, 0.2) is 58.9 Å². The largest absolute Gasteiger partial charge is 0.459 e. The standard InChI is InChI=1S/C24H29BrN4O6/c1-2-34-24-19(4-3-13-30)20(16-5-7-17(25)8-6-16)14-21(35-24)23(31)27-12-11-26-22-10-9-18(15-28-22)29(32)33/h5-10,14-15,19-20,24,30H,2-4,11-13H2,1H3,(H,26,28)(H,27,31)/t19-,20+,24+/m1/s1. The molecule has 1 amide bonds. The van der Waals surface area contributed by atoms with Crippen molar-refractivity contribution in [3.63, 3.8) is 0 Å². The molecular formula is C24H29BrN4O6. The molecule has 0 saturated carbocycles. The molecule has 3 rings (SSSR count). The van der Waals surface area contributed by atoms with Crippen LogP contribution in [0.2, 0.25) is 0 Å². The smallest absolute Gasteiger partial charge is 0.287 e. The summed E-state index contributed by atoms with van der Waals surface area (Å²) in [5, 5.41) is 25.9. The summed E-state index contributed by atoms with van der Waals surface area (Å²) < 4.78 is 12.8. The van der Waals surface area contributed by atoms with Crippen LogP contribution in [0, 0.1) is 16.0 Å². The maximum atomic E-state index is 12.9. The summed E-state index contributed by atoms with van der Waals surface area (Å²) in [6.45, 7) is 3.02. The average Bonchev–Trinajstić information content (AvgIpc) is 2.86. The lowest BCUT2D eigenvalue weighted by molar-refractivity contribution is -0.385. The summed E-state index contributed by atoms with van der Waals surface area (Å²) in [4.78, 5) is 27.1. The van der Waals surface area contributed by atoms with Gasteiger partial charge in [-0.3, -0.25) is 14.9 Å². The third-order valence-electron chi connectivity index (χ3n) is 5.57. The van der Waals surface area contributed by atoms with E-state index in [1.54, 1.807) is 0 Å². The molecule has 188 valence electrons. The normalized spacial score (nSPS) is 19.4. The summed E-state index contributed by atoms with van der Waals surface area (Å²) in [5.74, 6) is 0.107. The summed E-state index contributed by atoms with van der Waals surface area (Å²) >= 11 is 3.46. The van der Waals surface area contributed by atoms with Gasteiger partial charge in [0.15, 0.2) is 5.76 Å². The number of rotatable bonds is 12. The molecular weight excluding hydrogens is 520 g/mol. The van der Waals surface area contributed by atoms with E-state index in [1.165, 1.54) is 18.3 Å². The first-order valence-electron chi connectivity index (χ1n) is 11.4. The van der Waals surface area contributed by atoms with Gasteiger partial charge in [0.25, 0.3) is 11.6 Å². The van der Waals surface area contributed by atoms with Gasteiger partial charge in [-0.2, -0.15) is 0 Å². The number of anilines is 1. The highest BCUT2D eigenvalue weighted by molar-refractivity contribution is 9.10. The Hall–Kier alpha value is -3.02. The van der Waals surface area contributed by atoms with Crippen LogP contribution in [0.5, 0.6) is 0 Å². The number of carbonyl (C=O) groups is 1. The van der Waals surface area contributed by atoms with Crippen LogP contribution in [0.1, 0.15) is 31.2 Å². The molecule has 10 nitrogen and oxygen atoms in total. The van der Waals surface area contributed by atoms with Crippen molar-refractivity contribution in [1.82, 2.24) is 10.3 Å². The molecule has 0 radical (unpaired) electrons. The van der Waals surface area contributed by atoms with Crippen LogP contribution in [0.3, 0.4) is 0 Å². The molecule has 0 saturated heterocycles. The molecule has 2 heterocycles. The summed E-state index contributed by atoms with van der Waals surface area (Å²) in [5.41, 5.74) is 0.937. The molecule has 0 aliphatic carbocycles. The van der Waals surface area contributed by atoms with Crippen LogP contribution in [-0.2, 0) is 14.3 Å². The van der Waals surface area contributed by atoms with Crippen molar-refractivity contribution in [1.29, 1.82) is 0 Å². The van der Waals surface area contributed by atoms with E-state index in [0.29, 0.717) is 31.8 Å². The van der Waals surface area contributed by atoms with E-state index >= 15 is 0 Å². The number of amides is 1. The number of hydrogen-bond acceptors (Lipinski definition) is 8. The molecule has 35 heavy (non-hydrogen) atoms. The number of benzene rings is 1. The van der Waals surface area contributed by atoms with E-state index in [0.717, 1.165) is 10.0 Å². The molecule has 2 aromatic rings. The molecule has 3 N–H and O–H groups in total.